The fraction of sp³-hybridized carbons (Fsp3) is 0.100. The van der Waals surface area contributed by atoms with Gasteiger partial charge in [-0.2, -0.15) is 0 Å². The van der Waals surface area contributed by atoms with Gasteiger partial charge in [-0.05, 0) is 23.3 Å². The highest BCUT2D eigenvalue weighted by atomic mass is 32.2. The minimum absolute atomic E-state index is 0.148. The van der Waals surface area contributed by atoms with Crippen LogP contribution in [0.5, 0.6) is 0 Å². The number of primary sulfonamides is 1. The Kier molecular flexibility index (Phi) is 7.72. The SMILES string of the molecule is NS(=O)(=O)c1ccccc1.O=S(Cc1ccccc1)Cc1ccccc1. The van der Waals surface area contributed by atoms with Crippen LogP contribution in [-0.4, -0.2) is 12.6 Å². The molecule has 0 aliphatic heterocycles. The van der Waals surface area contributed by atoms with Crippen molar-refractivity contribution in [2.45, 2.75) is 16.4 Å². The minimum atomic E-state index is -3.50. The highest BCUT2D eigenvalue weighted by Gasteiger charge is 2.04. The van der Waals surface area contributed by atoms with E-state index in [-0.39, 0.29) is 4.90 Å². The number of rotatable bonds is 5. The molecule has 3 aromatic rings. The van der Waals surface area contributed by atoms with E-state index in [9.17, 15) is 12.6 Å². The predicted octanol–water partition coefficient (Wildman–Crippen LogP) is 3.47. The molecule has 3 rings (SSSR count). The zero-order valence-corrected chi connectivity index (χ0v) is 15.8. The molecule has 4 nitrogen and oxygen atoms in total. The molecule has 0 saturated heterocycles. The van der Waals surface area contributed by atoms with Crippen molar-refractivity contribution in [2.24, 2.45) is 5.14 Å². The summed E-state index contributed by atoms with van der Waals surface area (Å²) in [7, 11) is -4.32. The summed E-state index contributed by atoms with van der Waals surface area (Å²) in [6, 6.07) is 27.8. The van der Waals surface area contributed by atoms with Crippen molar-refractivity contribution in [3.8, 4) is 0 Å². The Morgan fingerprint density at radius 3 is 1.31 bits per heavy atom. The lowest BCUT2D eigenvalue weighted by Gasteiger charge is -2.02. The smallest absolute Gasteiger partial charge is 0.238 e. The van der Waals surface area contributed by atoms with Crippen LogP contribution in [0.25, 0.3) is 0 Å². The second-order valence-electron chi connectivity index (χ2n) is 5.56. The molecule has 3 aromatic carbocycles. The predicted molar refractivity (Wildman–Crippen MR) is 106 cm³/mol. The quantitative estimate of drug-likeness (QED) is 0.728. The van der Waals surface area contributed by atoms with Crippen LogP contribution in [0.1, 0.15) is 11.1 Å². The fourth-order valence-corrected chi connectivity index (χ4v) is 3.95. The van der Waals surface area contributed by atoms with Gasteiger partial charge in [-0.25, -0.2) is 13.6 Å². The lowest BCUT2D eigenvalue weighted by atomic mass is 10.2. The van der Waals surface area contributed by atoms with E-state index in [1.165, 1.54) is 12.1 Å². The van der Waals surface area contributed by atoms with E-state index in [2.05, 4.69) is 0 Å². The first kappa shape index (κ1) is 20.0. The van der Waals surface area contributed by atoms with Crippen LogP contribution in [0.2, 0.25) is 0 Å². The summed E-state index contributed by atoms with van der Waals surface area (Å²) in [5, 5.41) is 4.83. The van der Waals surface area contributed by atoms with Crippen LogP contribution in [0.15, 0.2) is 95.9 Å². The summed E-state index contributed by atoms with van der Waals surface area (Å²) in [5.74, 6) is 1.27. The Morgan fingerprint density at radius 2 is 1.00 bits per heavy atom. The van der Waals surface area contributed by atoms with Crippen LogP contribution < -0.4 is 5.14 Å². The maximum atomic E-state index is 11.9. The molecule has 0 radical (unpaired) electrons. The molecule has 0 unspecified atom stereocenters. The van der Waals surface area contributed by atoms with Crippen LogP contribution in [0, 0.1) is 0 Å². The summed E-state index contributed by atoms with van der Waals surface area (Å²) >= 11 is 0. The Labute approximate surface area is 157 Å². The van der Waals surface area contributed by atoms with Crippen molar-refractivity contribution in [1.29, 1.82) is 0 Å². The van der Waals surface area contributed by atoms with Crippen LogP contribution in [-0.2, 0) is 32.3 Å². The first-order valence-electron chi connectivity index (χ1n) is 7.96. The number of hydrogen-bond donors (Lipinski definition) is 1. The molecule has 0 atom stereocenters. The second kappa shape index (κ2) is 10.0. The zero-order valence-electron chi connectivity index (χ0n) is 14.2. The summed E-state index contributed by atoms with van der Waals surface area (Å²) in [5.41, 5.74) is 2.27. The van der Waals surface area contributed by atoms with Crippen LogP contribution in [0.4, 0.5) is 0 Å². The van der Waals surface area contributed by atoms with E-state index in [0.717, 1.165) is 11.1 Å². The normalized spacial score (nSPS) is 10.8. The summed E-state index contributed by atoms with van der Waals surface area (Å²) in [4.78, 5) is 0.148. The Hall–Kier alpha value is -2.28. The van der Waals surface area contributed by atoms with Crippen molar-refractivity contribution in [3.63, 3.8) is 0 Å². The van der Waals surface area contributed by atoms with Gasteiger partial charge in [0.05, 0.1) is 4.90 Å². The molecule has 0 aliphatic rings. The molecule has 0 fully saturated rings. The maximum Gasteiger partial charge on any atom is 0.238 e. The average molecular weight is 388 g/mol. The van der Waals surface area contributed by atoms with Gasteiger partial charge >= 0.3 is 0 Å². The van der Waals surface area contributed by atoms with Crippen molar-refractivity contribution in [2.75, 3.05) is 0 Å². The third-order valence-electron chi connectivity index (χ3n) is 3.41. The van der Waals surface area contributed by atoms with E-state index < -0.39 is 20.8 Å². The van der Waals surface area contributed by atoms with Crippen molar-refractivity contribution in [1.82, 2.24) is 0 Å². The number of sulfonamides is 1. The molecule has 26 heavy (non-hydrogen) atoms. The van der Waals surface area contributed by atoms with Crippen molar-refractivity contribution < 1.29 is 12.6 Å². The first-order valence-corrected chi connectivity index (χ1v) is 11.0. The highest BCUT2D eigenvalue weighted by Crippen LogP contribution is 2.08. The topological polar surface area (TPSA) is 77.2 Å². The van der Waals surface area contributed by atoms with Gasteiger partial charge in [-0.1, -0.05) is 78.9 Å². The molecular weight excluding hydrogens is 366 g/mol. The van der Waals surface area contributed by atoms with Crippen LogP contribution in [0.3, 0.4) is 0 Å². The second-order valence-corrected chi connectivity index (χ2v) is 8.58. The van der Waals surface area contributed by atoms with Gasteiger partial charge < -0.3 is 0 Å². The lowest BCUT2D eigenvalue weighted by Crippen LogP contribution is -2.11. The molecular formula is C20H21NO3S2. The number of nitrogens with two attached hydrogens (primary N) is 1. The third kappa shape index (κ3) is 7.31. The summed E-state index contributed by atoms with van der Waals surface area (Å²) in [6.45, 7) is 0. The molecule has 6 heteroatoms. The van der Waals surface area contributed by atoms with Crippen LogP contribution >= 0.6 is 0 Å². The van der Waals surface area contributed by atoms with E-state index in [1.54, 1.807) is 18.2 Å². The molecule has 0 saturated carbocycles. The lowest BCUT2D eigenvalue weighted by molar-refractivity contribution is 0.598. The van der Waals surface area contributed by atoms with Gasteiger partial charge in [-0.3, -0.25) is 4.21 Å². The molecule has 0 heterocycles. The monoisotopic (exact) mass is 387 g/mol. The minimum Gasteiger partial charge on any atom is -0.259 e. The van der Waals surface area contributed by atoms with Gasteiger partial charge in [0.25, 0.3) is 0 Å². The third-order valence-corrected chi connectivity index (χ3v) is 5.65. The van der Waals surface area contributed by atoms with Gasteiger partial charge in [0, 0.05) is 22.3 Å². The summed E-state index contributed by atoms with van der Waals surface area (Å²) in [6.07, 6.45) is 0. The van der Waals surface area contributed by atoms with Gasteiger partial charge in [0.1, 0.15) is 0 Å². The highest BCUT2D eigenvalue weighted by molar-refractivity contribution is 7.89. The Bertz CT molecular complexity index is 870. The molecule has 0 amide bonds. The van der Waals surface area contributed by atoms with Gasteiger partial charge in [-0.15, -0.1) is 0 Å². The molecule has 0 spiro atoms. The van der Waals surface area contributed by atoms with E-state index >= 15 is 0 Å². The zero-order chi connectivity index (χ0) is 18.8. The van der Waals surface area contributed by atoms with E-state index in [0.29, 0.717) is 11.5 Å². The first-order chi connectivity index (χ1) is 12.4. The average Bonchev–Trinajstić information content (AvgIpc) is 2.64. The number of hydrogen-bond acceptors (Lipinski definition) is 3. The molecule has 0 aliphatic carbocycles. The Balaban J connectivity index is 0.000000209. The molecule has 136 valence electrons. The maximum absolute atomic E-state index is 11.9. The standard InChI is InChI=1S/C14H14OS.C6H7NO2S/c15-16(11-13-7-3-1-4-8-13)12-14-9-5-2-6-10-14;7-10(8,9)6-4-2-1-3-5-6/h1-10H,11-12H2;1-5H,(H2,7,8,9). The van der Waals surface area contributed by atoms with Crippen molar-refractivity contribution in [3.05, 3.63) is 102 Å². The molecule has 2 N–H and O–H groups in total. The van der Waals surface area contributed by atoms with Gasteiger partial charge in [0.2, 0.25) is 10.0 Å². The van der Waals surface area contributed by atoms with Crippen molar-refractivity contribution >= 4 is 20.8 Å². The fourth-order valence-electron chi connectivity index (χ4n) is 2.18. The largest absolute Gasteiger partial charge is 0.259 e. The van der Waals surface area contributed by atoms with Gasteiger partial charge in [0.15, 0.2) is 0 Å². The van der Waals surface area contributed by atoms with E-state index in [4.69, 9.17) is 5.14 Å². The summed E-state index contributed by atoms with van der Waals surface area (Å²) < 4.78 is 33.1. The number of benzene rings is 3. The molecule has 0 aromatic heterocycles. The molecule has 0 bridgehead atoms. The van der Waals surface area contributed by atoms with E-state index in [1.807, 2.05) is 60.7 Å². The Morgan fingerprint density at radius 1 is 0.654 bits per heavy atom.